The van der Waals surface area contributed by atoms with E-state index in [1.807, 2.05) is 49.6 Å². The Balaban J connectivity index is 0.00000432. The van der Waals surface area contributed by atoms with Crippen LogP contribution in [0.5, 0.6) is 0 Å². The predicted molar refractivity (Wildman–Crippen MR) is 139 cm³/mol. The number of rotatable bonds is 12. The van der Waals surface area contributed by atoms with Gasteiger partial charge in [0.25, 0.3) is 5.91 Å². The Morgan fingerprint density at radius 2 is 1.83 bits per heavy atom. The molecule has 184 valence electrons. The van der Waals surface area contributed by atoms with Gasteiger partial charge in [0.15, 0.2) is 0 Å². The summed E-state index contributed by atoms with van der Waals surface area (Å²) in [6.07, 6.45) is 10.8. The third kappa shape index (κ3) is 9.02. The van der Waals surface area contributed by atoms with Crippen molar-refractivity contribution in [2.24, 2.45) is 0 Å². The summed E-state index contributed by atoms with van der Waals surface area (Å²) in [5.41, 5.74) is 4.58. The third-order valence-corrected chi connectivity index (χ3v) is 7.29. The topological polar surface area (TPSA) is 81.3 Å². The molecule has 1 unspecified atom stereocenters. The summed E-state index contributed by atoms with van der Waals surface area (Å²) in [6.45, 7) is 3.02. The van der Waals surface area contributed by atoms with E-state index in [1.165, 1.54) is 37.7 Å². The maximum absolute atomic E-state index is 13.2. The average Bonchev–Trinajstić information content (AvgIpc) is 2.85. The zero-order chi connectivity index (χ0) is 24.3. The number of hydrogen-bond donors (Lipinski definition) is 2. The van der Waals surface area contributed by atoms with Crippen LogP contribution in [0.1, 0.15) is 66.4 Å². The molecule has 0 radical (unpaired) electrons. The van der Waals surface area contributed by atoms with Gasteiger partial charge in [-0.1, -0.05) is 55.7 Å². The van der Waals surface area contributed by atoms with Gasteiger partial charge in [-0.25, -0.2) is 0 Å². The first-order valence-electron chi connectivity index (χ1n) is 12.4. The van der Waals surface area contributed by atoms with Crippen LogP contribution in [-0.4, -0.2) is 42.5 Å². The molecule has 2 aromatic carbocycles. The summed E-state index contributed by atoms with van der Waals surface area (Å²) in [6, 6.07) is 13.6. The molecule has 0 aromatic heterocycles. The summed E-state index contributed by atoms with van der Waals surface area (Å²) in [4.78, 5) is 24.7. The Bertz CT molecular complexity index is 963. The Morgan fingerprint density at radius 3 is 2.51 bits per heavy atom. The Kier molecular flexibility index (Phi) is 13.0. The quantitative estimate of drug-likeness (QED) is 0.346. The second kappa shape index (κ2) is 15.4. The van der Waals surface area contributed by atoms with Gasteiger partial charge in [-0.2, -0.15) is 11.8 Å². The Hall–Kier alpha value is -1.71. The molecule has 7 heteroatoms. The summed E-state index contributed by atoms with van der Waals surface area (Å²) >= 11 is 1.54. The van der Waals surface area contributed by atoms with Gasteiger partial charge in [-0.3, -0.25) is 4.79 Å². The smallest absolute Gasteiger partial charge is 0.548 e. The molecule has 0 saturated heterocycles. The average molecular weight is 489 g/mol. The van der Waals surface area contributed by atoms with Crippen molar-refractivity contribution in [2.45, 2.75) is 70.4 Å². The van der Waals surface area contributed by atoms with E-state index in [0.29, 0.717) is 23.8 Å². The maximum atomic E-state index is 13.2. The van der Waals surface area contributed by atoms with Gasteiger partial charge in [0.2, 0.25) is 0 Å². The predicted octanol–water partition coefficient (Wildman–Crippen LogP) is 1.12. The normalized spacial score (nSPS) is 14.7. The number of benzene rings is 2. The first kappa shape index (κ1) is 29.5. The first-order valence-corrected chi connectivity index (χ1v) is 13.8. The van der Waals surface area contributed by atoms with Crippen LogP contribution in [0.3, 0.4) is 0 Å². The number of carbonyl (C=O) groups is 2. The molecule has 0 bridgehead atoms. The summed E-state index contributed by atoms with van der Waals surface area (Å²) in [7, 11) is 0. The molecule has 5 nitrogen and oxygen atoms in total. The molecule has 1 aliphatic carbocycles. The molecule has 2 N–H and O–H groups in total. The fourth-order valence-electron chi connectivity index (χ4n) is 4.67. The molecular weight excluding hydrogens is 451 g/mol. The maximum Gasteiger partial charge on any atom is 1.00 e. The minimum absolute atomic E-state index is 0. The van der Waals surface area contributed by atoms with E-state index in [1.54, 1.807) is 11.8 Å². The van der Waals surface area contributed by atoms with Gasteiger partial charge >= 0.3 is 18.9 Å². The van der Waals surface area contributed by atoms with Crippen LogP contribution >= 0.6 is 11.8 Å². The molecule has 1 amide bonds. The number of hydrogen-bond acceptors (Lipinski definition) is 5. The molecule has 2 aromatic rings. The second-order valence-corrected chi connectivity index (χ2v) is 10.2. The second-order valence-electron chi connectivity index (χ2n) is 9.21. The number of thioether (sulfide) groups is 1. The van der Waals surface area contributed by atoms with Gasteiger partial charge < -0.3 is 20.5 Å². The molecule has 0 spiro atoms. The molecule has 0 heterocycles. The van der Waals surface area contributed by atoms with Gasteiger partial charge in [0.1, 0.15) is 0 Å². The summed E-state index contributed by atoms with van der Waals surface area (Å²) < 4.78 is 0. The summed E-state index contributed by atoms with van der Waals surface area (Å²) in [5, 5.41) is 17.9. The largest absolute Gasteiger partial charge is 1.00 e. The molecule has 35 heavy (non-hydrogen) atoms. The molecule has 3 rings (SSSR count). The van der Waals surface area contributed by atoms with E-state index < -0.39 is 12.0 Å². The van der Waals surface area contributed by atoms with E-state index in [9.17, 15) is 14.7 Å². The SMILES string of the molecule is CSCCC(NC(=O)c1ccc(CCCNC2CCCCC2)cc1-c1ccccc1C)C(=O)[O-].[Li+]. The molecule has 0 aliphatic heterocycles. The molecular formula is C28H37LiN2O3S. The zero-order valence-corrected chi connectivity index (χ0v) is 22.2. The van der Waals surface area contributed by atoms with E-state index in [2.05, 4.69) is 16.7 Å². The molecule has 1 aliphatic rings. The van der Waals surface area contributed by atoms with Crippen LogP contribution in [0.2, 0.25) is 0 Å². The number of amides is 1. The van der Waals surface area contributed by atoms with Crippen molar-refractivity contribution in [2.75, 3.05) is 18.6 Å². The minimum Gasteiger partial charge on any atom is -0.548 e. The van der Waals surface area contributed by atoms with Crippen molar-refractivity contribution in [3.05, 3.63) is 59.2 Å². The van der Waals surface area contributed by atoms with Crippen LogP contribution in [0.15, 0.2) is 42.5 Å². The van der Waals surface area contributed by atoms with Crippen molar-refractivity contribution in [1.82, 2.24) is 10.6 Å². The molecule has 1 saturated carbocycles. The van der Waals surface area contributed by atoms with Crippen LogP contribution in [-0.2, 0) is 11.2 Å². The van der Waals surface area contributed by atoms with Crippen molar-refractivity contribution in [3.8, 4) is 11.1 Å². The van der Waals surface area contributed by atoms with Crippen molar-refractivity contribution >= 4 is 23.6 Å². The van der Waals surface area contributed by atoms with Crippen molar-refractivity contribution in [3.63, 3.8) is 0 Å². The van der Waals surface area contributed by atoms with E-state index in [0.717, 1.165) is 36.1 Å². The fourth-order valence-corrected chi connectivity index (χ4v) is 5.14. The number of carboxylic acid groups (broad SMARTS) is 1. The van der Waals surface area contributed by atoms with Crippen molar-refractivity contribution in [1.29, 1.82) is 0 Å². The van der Waals surface area contributed by atoms with Crippen molar-refractivity contribution < 1.29 is 33.6 Å². The van der Waals surface area contributed by atoms with E-state index in [-0.39, 0.29) is 24.8 Å². The minimum atomic E-state index is -1.25. The summed E-state index contributed by atoms with van der Waals surface area (Å²) in [5.74, 6) is -0.988. The molecule has 1 fully saturated rings. The molecule has 1 atom stereocenters. The number of nitrogens with one attached hydrogen (secondary N) is 2. The standard InChI is InChI=1S/C28H38N2O3S.Li/c1-20-9-6-7-13-23(20)25-19-21(10-8-17-29-22-11-4-3-5-12-22)14-15-24(25)27(31)30-26(28(32)33)16-18-34-2;/h6-7,9,13-15,19,22,26,29H,3-5,8,10-12,16-18H2,1-2H3,(H,30,31)(H,32,33);/q;+1/p-1. The van der Waals surface area contributed by atoms with Crippen LogP contribution in [0.4, 0.5) is 0 Å². The van der Waals surface area contributed by atoms with E-state index >= 15 is 0 Å². The van der Waals surface area contributed by atoms with Gasteiger partial charge in [-0.15, -0.1) is 0 Å². The van der Waals surface area contributed by atoms with Gasteiger partial charge in [-0.05, 0) is 85.9 Å². The van der Waals surface area contributed by atoms with Crippen LogP contribution < -0.4 is 34.6 Å². The zero-order valence-electron chi connectivity index (χ0n) is 21.4. The fraction of sp³-hybridized carbons (Fsp3) is 0.500. The number of carbonyl (C=O) groups excluding carboxylic acids is 2. The van der Waals surface area contributed by atoms with E-state index in [4.69, 9.17) is 0 Å². The third-order valence-electron chi connectivity index (χ3n) is 6.64. The number of carboxylic acids is 1. The van der Waals surface area contributed by atoms with Crippen LogP contribution in [0, 0.1) is 6.92 Å². The Morgan fingerprint density at radius 1 is 1.09 bits per heavy atom. The number of aryl methyl sites for hydroxylation is 2. The van der Waals surface area contributed by atoms with Gasteiger partial charge in [0.05, 0.1) is 12.0 Å². The Labute approximate surface area is 226 Å². The first-order chi connectivity index (χ1) is 16.5. The monoisotopic (exact) mass is 488 g/mol. The van der Waals surface area contributed by atoms with Crippen LogP contribution in [0.25, 0.3) is 11.1 Å². The number of aliphatic carboxylic acids is 1. The van der Waals surface area contributed by atoms with Gasteiger partial charge in [0, 0.05) is 11.6 Å².